The van der Waals surface area contributed by atoms with E-state index < -0.39 is 6.10 Å². The van der Waals surface area contributed by atoms with Crippen molar-refractivity contribution in [2.24, 2.45) is 0 Å². The molecule has 6 nitrogen and oxygen atoms in total. The molecule has 1 unspecified atom stereocenters. The highest BCUT2D eigenvalue weighted by Gasteiger charge is 2.19. The van der Waals surface area contributed by atoms with Gasteiger partial charge in [-0.25, -0.2) is 0 Å². The molecule has 0 radical (unpaired) electrons. The molecule has 6 heteroatoms. The van der Waals surface area contributed by atoms with E-state index in [1.165, 1.54) is 270 Å². The number of carbonyl (C=O) groups excluding carboxylic acids is 3. The Bertz CT molecular complexity index is 1120. The van der Waals surface area contributed by atoms with Crippen LogP contribution in [0.5, 0.6) is 0 Å². The number of unbranched alkanes of at least 4 members (excludes halogenated alkanes) is 48. The maximum absolute atomic E-state index is 12.9. The maximum Gasteiger partial charge on any atom is 0.306 e. The van der Waals surface area contributed by atoms with Crippen LogP contribution in [0.4, 0.5) is 0 Å². The molecular weight excluding hydrogens is 889 g/mol. The van der Waals surface area contributed by atoms with Crippen molar-refractivity contribution in [1.82, 2.24) is 0 Å². The molecule has 0 aromatic carbocycles. The zero-order valence-electron chi connectivity index (χ0n) is 49.0. The Morgan fingerprint density at radius 2 is 0.458 bits per heavy atom. The number of esters is 3. The molecule has 0 saturated carbocycles. The molecule has 0 fully saturated rings. The van der Waals surface area contributed by atoms with E-state index in [4.69, 9.17) is 14.2 Å². The second-order valence-electron chi connectivity index (χ2n) is 22.4. The fraction of sp³-hybridized carbons (Fsp3) is 0.924. The van der Waals surface area contributed by atoms with Crippen molar-refractivity contribution in [3.8, 4) is 0 Å². The topological polar surface area (TPSA) is 78.9 Å². The van der Waals surface area contributed by atoms with E-state index in [0.29, 0.717) is 19.3 Å². The molecule has 0 saturated heterocycles. The molecule has 0 aromatic heterocycles. The van der Waals surface area contributed by atoms with Crippen LogP contribution in [0, 0.1) is 0 Å². The van der Waals surface area contributed by atoms with E-state index in [9.17, 15) is 14.4 Å². The summed E-state index contributed by atoms with van der Waals surface area (Å²) >= 11 is 0. The van der Waals surface area contributed by atoms with E-state index in [1.54, 1.807) is 0 Å². The van der Waals surface area contributed by atoms with E-state index in [-0.39, 0.29) is 31.1 Å². The highest BCUT2D eigenvalue weighted by atomic mass is 16.6. The van der Waals surface area contributed by atoms with Crippen molar-refractivity contribution >= 4 is 17.9 Å². The lowest BCUT2D eigenvalue weighted by Gasteiger charge is -2.18. The van der Waals surface area contributed by atoms with Gasteiger partial charge in [-0.2, -0.15) is 0 Å². The zero-order chi connectivity index (χ0) is 52.2. The first kappa shape index (κ1) is 70.1. The van der Waals surface area contributed by atoms with E-state index in [2.05, 4.69) is 32.9 Å². The Kier molecular flexibility index (Phi) is 60.1. The third-order valence-electron chi connectivity index (χ3n) is 15.0. The van der Waals surface area contributed by atoms with Crippen molar-refractivity contribution in [3.63, 3.8) is 0 Å². The van der Waals surface area contributed by atoms with Crippen LogP contribution in [0.3, 0.4) is 0 Å². The van der Waals surface area contributed by atoms with Gasteiger partial charge in [0.25, 0.3) is 0 Å². The van der Waals surface area contributed by atoms with Crippen molar-refractivity contribution in [2.75, 3.05) is 13.2 Å². The molecule has 0 N–H and O–H groups in total. The summed E-state index contributed by atoms with van der Waals surface area (Å²) in [5.74, 6) is -0.849. The molecular formula is C66H126O6. The van der Waals surface area contributed by atoms with Gasteiger partial charge in [-0.05, 0) is 44.9 Å². The third-order valence-corrected chi connectivity index (χ3v) is 15.0. The molecule has 0 aromatic rings. The lowest BCUT2D eigenvalue weighted by atomic mass is 10.0. The average molecular weight is 1020 g/mol. The molecule has 0 spiro atoms. The Balaban J connectivity index is 4.11. The predicted octanol–water partition coefficient (Wildman–Crippen LogP) is 22.1. The standard InChI is InChI=1S/C66H126O6/c1-4-7-10-13-16-19-22-24-26-27-28-29-30-31-32-33-34-35-36-37-38-40-41-44-47-50-53-56-59-65(68)71-62-63(61-70-64(67)58-55-52-49-46-43-21-18-15-12-9-6-3)72-66(69)60-57-54-51-48-45-42-39-25-23-20-17-14-11-8-5-2/h25,39,63H,4-24,26-38,40-62H2,1-3H3/b39-25-. The summed E-state index contributed by atoms with van der Waals surface area (Å²) in [5.41, 5.74) is 0. The smallest absolute Gasteiger partial charge is 0.306 e. The molecule has 0 bridgehead atoms. The summed E-state index contributed by atoms with van der Waals surface area (Å²) in [5, 5.41) is 0. The van der Waals surface area contributed by atoms with Crippen LogP contribution in [0.1, 0.15) is 374 Å². The Labute approximate surface area is 450 Å². The number of rotatable bonds is 61. The van der Waals surface area contributed by atoms with Gasteiger partial charge >= 0.3 is 17.9 Å². The first-order valence-electron chi connectivity index (χ1n) is 32.7. The van der Waals surface area contributed by atoms with E-state index in [0.717, 1.165) is 64.2 Å². The molecule has 0 amide bonds. The van der Waals surface area contributed by atoms with Gasteiger partial charge in [-0.3, -0.25) is 14.4 Å². The number of allylic oxidation sites excluding steroid dienone is 2. The van der Waals surface area contributed by atoms with E-state index >= 15 is 0 Å². The summed E-state index contributed by atoms with van der Waals surface area (Å²) in [7, 11) is 0. The second-order valence-corrected chi connectivity index (χ2v) is 22.4. The monoisotopic (exact) mass is 1010 g/mol. The predicted molar refractivity (Wildman–Crippen MR) is 312 cm³/mol. The van der Waals surface area contributed by atoms with Crippen LogP contribution in [0.25, 0.3) is 0 Å². The van der Waals surface area contributed by atoms with Gasteiger partial charge in [0.15, 0.2) is 6.10 Å². The summed E-state index contributed by atoms with van der Waals surface area (Å²) in [4.78, 5) is 38.2. The summed E-state index contributed by atoms with van der Waals surface area (Å²) in [6, 6.07) is 0. The number of hydrogen-bond acceptors (Lipinski definition) is 6. The van der Waals surface area contributed by atoms with Crippen LogP contribution in [0.15, 0.2) is 12.2 Å². The molecule has 0 rings (SSSR count). The Morgan fingerprint density at radius 3 is 0.694 bits per heavy atom. The minimum atomic E-state index is -0.769. The minimum absolute atomic E-state index is 0.0673. The quantitative estimate of drug-likeness (QED) is 0.0261. The van der Waals surface area contributed by atoms with Gasteiger partial charge in [0.05, 0.1) is 0 Å². The Morgan fingerprint density at radius 1 is 0.264 bits per heavy atom. The van der Waals surface area contributed by atoms with Crippen LogP contribution in [-0.4, -0.2) is 37.2 Å². The normalized spacial score (nSPS) is 12.0. The van der Waals surface area contributed by atoms with Gasteiger partial charge in [-0.15, -0.1) is 0 Å². The molecule has 426 valence electrons. The van der Waals surface area contributed by atoms with Crippen LogP contribution < -0.4 is 0 Å². The van der Waals surface area contributed by atoms with Gasteiger partial charge < -0.3 is 14.2 Å². The molecule has 0 aliphatic heterocycles. The highest BCUT2D eigenvalue weighted by Crippen LogP contribution is 2.18. The fourth-order valence-corrected chi connectivity index (χ4v) is 10.1. The van der Waals surface area contributed by atoms with Gasteiger partial charge in [0.1, 0.15) is 13.2 Å². The molecule has 72 heavy (non-hydrogen) atoms. The van der Waals surface area contributed by atoms with Crippen molar-refractivity contribution in [1.29, 1.82) is 0 Å². The van der Waals surface area contributed by atoms with Crippen LogP contribution >= 0.6 is 0 Å². The van der Waals surface area contributed by atoms with Gasteiger partial charge in [0.2, 0.25) is 0 Å². The van der Waals surface area contributed by atoms with Gasteiger partial charge in [-0.1, -0.05) is 322 Å². The lowest BCUT2D eigenvalue weighted by molar-refractivity contribution is -0.167. The van der Waals surface area contributed by atoms with Gasteiger partial charge in [0, 0.05) is 19.3 Å². The average Bonchev–Trinajstić information content (AvgIpc) is 3.38. The fourth-order valence-electron chi connectivity index (χ4n) is 10.1. The summed E-state index contributed by atoms with van der Waals surface area (Å²) < 4.78 is 16.9. The van der Waals surface area contributed by atoms with Crippen molar-refractivity contribution < 1.29 is 28.6 Å². The Hall–Kier alpha value is -1.85. The highest BCUT2D eigenvalue weighted by molar-refractivity contribution is 5.71. The first-order valence-corrected chi connectivity index (χ1v) is 32.7. The molecule has 0 aliphatic carbocycles. The van der Waals surface area contributed by atoms with Crippen molar-refractivity contribution in [2.45, 2.75) is 380 Å². The third kappa shape index (κ3) is 59.0. The summed E-state index contributed by atoms with van der Waals surface area (Å²) in [6.07, 6.45) is 72.4. The minimum Gasteiger partial charge on any atom is -0.462 e. The first-order chi connectivity index (χ1) is 35.5. The van der Waals surface area contributed by atoms with Crippen LogP contribution in [-0.2, 0) is 28.6 Å². The molecule has 1 atom stereocenters. The van der Waals surface area contributed by atoms with Crippen molar-refractivity contribution in [3.05, 3.63) is 12.2 Å². The summed E-state index contributed by atoms with van der Waals surface area (Å²) in [6.45, 7) is 6.69. The van der Waals surface area contributed by atoms with Crippen LogP contribution in [0.2, 0.25) is 0 Å². The largest absolute Gasteiger partial charge is 0.462 e. The lowest BCUT2D eigenvalue weighted by Crippen LogP contribution is -2.30. The zero-order valence-corrected chi connectivity index (χ0v) is 49.0. The molecule has 0 aliphatic rings. The number of ether oxygens (including phenoxy) is 3. The SMILES string of the molecule is CCCCCCCC/C=C\CCCCCCCC(=O)OC(COC(=O)CCCCCCCCCCCCC)COC(=O)CCCCCCCCCCCCCCCCCCCCCCCCCCCCCC. The molecule has 0 heterocycles. The second kappa shape index (κ2) is 61.7. The number of hydrogen-bond donors (Lipinski definition) is 0. The number of carbonyl (C=O) groups is 3. The van der Waals surface area contributed by atoms with E-state index in [1.807, 2.05) is 0 Å². The maximum atomic E-state index is 12.9.